The third-order valence-electron chi connectivity index (χ3n) is 5.04. The minimum absolute atomic E-state index is 0.175. The molecule has 13 nitrogen and oxygen atoms in total. The van der Waals surface area contributed by atoms with Crippen LogP contribution < -0.4 is 5.73 Å². The SMILES string of the molecule is CCOC(C)=NOCCN(C)C(O)[C@H]1O[C@@H](n2c(C)nc3c(N)ncnc32)[C@H](O)[C@@H]1O. The number of hydrogen-bond acceptors (Lipinski definition) is 12. The van der Waals surface area contributed by atoms with E-state index < -0.39 is 30.8 Å². The zero-order valence-corrected chi connectivity index (χ0v) is 17.9. The summed E-state index contributed by atoms with van der Waals surface area (Å²) in [5, 5.41) is 35.6. The summed E-state index contributed by atoms with van der Waals surface area (Å²) < 4.78 is 12.5. The normalized spacial score (nSPS) is 25.4. The van der Waals surface area contributed by atoms with Crippen LogP contribution >= 0.6 is 0 Å². The minimum Gasteiger partial charge on any atom is -0.479 e. The van der Waals surface area contributed by atoms with Gasteiger partial charge in [0, 0.05) is 13.5 Å². The van der Waals surface area contributed by atoms with Crippen molar-refractivity contribution in [3.63, 3.8) is 0 Å². The molecule has 1 unspecified atom stereocenters. The number of aromatic nitrogens is 4. The Morgan fingerprint density at radius 1 is 1.39 bits per heavy atom. The van der Waals surface area contributed by atoms with Crippen molar-refractivity contribution in [2.24, 2.45) is 5.16 Å². The highest BCUT2D eigenvalue weighted by Gasteiger charge is 2.48. The number of fused-ring (bicyclic) bond motifs is 1. The van der Waals surface area contributed by atoms with Gasteiger partial charge in [0.15, 0.2) is 23.2 Å². The summed E-state index contributed by atoms with van der Waals surface area (Å²) in [7, 11) is 1.63. The van der Waals surface area contributed by atoms with E-state index in [0.717, 1.165) is 0 Å². The van der Waals surface area contributed by atoms with E-state index in [1.165, 1.54) is 15.8 Å². The first-order valence-electron chi connectivity index (χ1n) is 9.90. The van der Waals surface area contributed by atoms with Gasteiger partial charge in [-0.15, -0.1) is 0 Å². The van der Waals surface area contributed by atoms with Crippen LogP contribution in [0, 0.1) is 6.92 Å². The molecule has 0 aromatic carbocycles. The fraction of sp³-hybridized carbons (Fsp3) is 0.667. The first-order valence-corrected chi connectivity index (χ1v) is 9.90. The van der Waals surface area contributed by atoms with E-state index in [-0.39, 0.29) is 19.0 Å². The number of aliphatic hydroxyl groups is 3. The molecule has 0 saturated carbocycles. The number of nitrogens with zero attached hydrogens (tertiary/aromatic N) is 6. The second kappa shape index (κ2) is 9.70. The van der Waals surface area contributed by atoms with Gasteiger partial charge >= 0.3 is 0 Å². The molecule has 0 bridgehead atoms. The lowest BCUT2D eigenvalue weighted by Crippen LogP contribution is -2.48. The first-order chi connectivity index (χ1) is 14.8. The molecular weight excluding hydrogens is 410 g/mol. The number of imidazole rings is 1. The second-order valence-corrected chi connectivity index (χ2v) is 7.20. The van der Waals surface area contributed by atoms with Crippen LogP contribution in [0.25, 0.3) is 11.2 Å². The van der Waals surface area contributed by atoms with Crippen molar-refractivity contribution >= 4 is 22.9 Å². The monoisotopic (exact) mass is 439 g/mol. The van der Waals surface area contributed by atoms with Crippen LogP contribution in [0.5, 0.6) is 0 Å². The smallest absolute Gasteiger partial charge is 0.222 e. The second-order valence-electron chi connectivity index (χ2n) is 7.20. The Morgan fingerprint density at radius 3 is 2.84 bits per heavy atom. The van der Waals surface area contributed by atoms with Gasteiger partial charge in [0.05, 0.1) is 6.61 Å². The molecule has 172 valence electrons. The molecular formula is C18H29N7O6. The number of hydrogen-bond donors (Lipinski definition) is 4. The van der Waals surface area contributed by atoms with Gasteiger partial charge in [0.25, 0.3) is 0 Å². The molecule has 1 fully saturated rings. The van der Waals surface area contributed by atoms with Crippen molar-refractivity contribution in [2.75, 3.05) is 32.5 Å². The van der Waals surface area contributed by atoms with Crippen LogP contribution in [-0.2, 0) is 14.3 Å². The quantitative estimate of drug-likeness (QED) is 0.130. The number of likely N-dealkylation sites (N-methyl/N-ethyl adjacent to an activating group) is 1. The van der Waals surface area contributed by atoms with E-state index in [0.29, 0.717) is 29.5 Å². The molecule has 0 aliphatic carbocycles. The fourth-order valence-corrected chi connectivity index (χ4v) is 3.42. The Bertz CT molecular complexity index is 922. The van der Waals surface area contributed by atoms with Gasteiger partial charge in [0.1, 0.15) is 43.3 Å². The first kappa shape index (κ1) is 23.1. The van der Waals surface area contributed by atoms with Crippen LogP contribution in [0.2, 0.25) is 0 Å². The van der Waals surface area contributed by atoms with Crippen molar-refractivity contribution in [1.29, 1.82) is 0 Å². The molecule has 0 amide bonds. The molecule has 2 aromatic rings. The van der Waals surface area contributed by atoms with Gasteiger partial charge < -0.3 is 35.4 Å². The molecule has 1 saturated heterocycles. The van der Waals surface area contributed by atoms with Crippen LogP contribution in [0.3, 0.4) is 0 Å². The molecule has 5 N–H and O–H groups in total. The lowest BCUT2D eigenvalue weighted by atomic mass is 10.1. The standard InChI is InChI=1S/C18H29N7O6/c1-5-29-10(3)23-30-7-6-24(4)17(28)14-12(26)13(27)18(31-14)25-9(2)22-11-15(19)20-8-21-16(11)25/h8,12-14,17-18,26-28H,5-7H2,1-4H3,(H2,19,20,21)/t12-,13+,14-,17?,18+/m0/s1. The van der Waals surface area contributed by atoms with Crippen molar-refractivity contribution in [3.8, 4) is 0 Å². The summed E-state index contributed by atoms with van der Waals surface area (Å²) in [6, 6.07) is 0. The molecule has 3 heterocycles. The highest BCUT2D eigenvalue weighted by molar-refractivity contribution is 5.81. The fourth-order valence-electron chi connectivity index (χ4n) is 3.42. The van der Waals surface area contributed by atoms with Crippen molar-refractivity contribution in [1.82, 2.24) is 24.4 Å². The molecule has 2 aromatic heterocycles. The summed E-state index contributed by atoms with van der Waals surface area (Å²) >= 11 is 0. The van der Waals surface area contributed by atoms with Crippen LogP contribution in [0.15, 0.2) is 11.5 Å². The molecule has 0 spiro atoms. The van der Waals surface area contributed by atoms with Gasteiger partial charge in [-0.3, -0.25) is 9.47 Å². The maximum atomic E-state index is 10.7. The minimum atomic E-state index is -1.35. The number of aryl methyl sites for hydroxylation is 1. The number of anilines is 1. The third-order valence-corrected chi connectivity index (χ3v) is 5.04. The molecule has 5 atom stereocenters. The number of rotatable bonds is 8. The summed E-state index contributed by atoms with van der Waals surface area (Å²) in [6.07, 6.45) is -4.72. The van der Waals surface area contributed by atoms with Gasteiger partial charge in [-0.1, -0.05) is 5.16 Å². The number of ether oxygens (including phenoxy) is 2. The topological polar surface area (TPSA) is 174 Å². The molecule has 13 heteroatoms. The van der Waals surface area contributed by atoms with Crippen molar-refractivity contribution in [2.45, 2.75) is 51.5 Å². The number of aliphatic hydroxyl groups excluding tert-OH is 3. The zero-order chi connectivity index (χ0) is 22.7. The van der Waals surface area contributed by atoms with E-state index in [9.17, 15) is 15.3 Å². The predicted octanol–water partition coefficient (Wildman–Crippen LogP) is -1.03. The van der Waals surface area contributed by atoms with Gasteiger partial charge in [0.2, 0.25) is 5.90 Å². The lowest BCUT2D eigenvalue weighted by Gasteiger charge is -2.29. The summed E-state index contributed by atoms with van der Waals surface area (Å²) in [6.45, 7) is 6.16. The van der Waals surface area contributed by atoms with Gasteiger partial charge in [-0.2, -0.15) is 0 Å². The summed E-state index contributed by atoms with van der Waals surface area (Å²) in [4.78, 5) is 19.1. The van der Waals surface area contributed by atoms with E-state index in [2.05, 4.69) is 20.1 Å². The highest BCUT2D eigenvalue weighted by atomic mass is 16.6. The molecule has 1 aliphatic heterocycles. The molecule has 0 radical (unpaired) electrons. The maximum Gasteiger partial charge on any atom is 0.222 e. The van der Waals surface area contributed by atoms with E-state index in [1.807, 2.05) is 6.92 Å². The Labute approximate surface area is 179 Å². The highest BCUT2D eigenvalue weighted by Crippen LogP contribution is 2.34. The molecule has 3 rings (SSSR count). The van der Waals surface area contributed by atoms with Crippen LogP contribution in [-0.4, -0.2) is 97.0 Å². The largest absolute Gasteiger partial charge is 0.479 e. The van der Waals surface area contributed by atoms with Crippen LogP contribution in [0.1, 0.15) is 25.9 Å². The van der Waals surface area contributed by atoms with E-state index in [1.54, 1.807) is 20.9 Å². The average Bonchev–Trinajstić information content (AvgIpc) is 3.22. The van der Waals surface area contributed by atoms with Gasteiger partial charge in [-0.25, -0.2) is 15.0 Å². The Hall–Kier alpha value is -2.58. The number of nitrogen functional groups attached to an aromatic ring is 1. The average molecular weight is 439 g/mol. The Balaban J connectivity index is 1.69. The van der Waals surface area contributed by atoms with E-state index in [4.69, 9.17) is 20.0 Å². The molecule has 31 heavy (non-hydrogen) atoms. The third kappa shape index (κ3) is 4.70. The van der Waals surface area contributed by atoms with Gasteiger partial charge in [-0.05, 0) is 20.9 Å². The van der Waals surface area contributed by atoms with Crippen molar-refractivity contribution < 1.29 is 29.6 Å². The molecule has 1 aliphatic rings. The predicted molar refractivity (Wildman–Crippen MR) is 110 cm³/mol. The Morgan fingerprint density at radius 2 is 2.13 bits per heavy atom. The van der Waals surface area contributed by atoms with Crippen molar-refractivity contribution in [3.05, 3.63) is 12.2 Å². The van der Waals surface area contributed by atoms with E-state index >= 15 is 0 Å². The maximum absolute atomic E-state index is 10.7. The lowest BCUT2D eigenvalue weighted by molar-refractivity contribution is -0.135. The number of oxime groups is 1. The Kier molecular flexibility index (Phi) is 7.23. The summed E-state index contributed by atoms with van der Waals surface area (Å²) in [5.74, 6) is 1.06. The number of nitrogens with two attached hydrogens (primary N) is 1. The zero-order valence-electron chi connectivity index (χ0n) is 17.9. The van der Waals surface area contributed by atoms with Crippen LogP contribution in [0.4, 0.5) is 5.82 Å². The summed E-state index contributed by atoms with van der Waals surface area (Å²) in [5.41, 5.74) is 6.58.